The van der Waals surface area contributed by atoms with E-state index >= 15 is 0 Å². The molecule has 96 valence electrons. The van der Waals surface area contributed by atoms with E-state index in [1.807, 2.05) is 0 Å². The molecular weight excluding hydrogens is 236 g/mol. The van der Waals surface area contributed by atoms with Crippen molar-refractivity contribution < 1.29 is 19.1 Å². The molecule has 0 bridgehead atoms. The van der Waals surface area contributed by atoms with Gasteiger partial charge in [-0.1, -0.05) is 0 Å². The van der Waals surface area contributed by atoms with Crippen LogP contribution in [0.3, 0.4) is 0 Å². The standard InChI is InChI=1S/C12H14N2O4/c1-13-6-2-4-9(13)12(17)18-8-11(16)14-7-3-5-10(14)15/h2,4,6H,3,5,7-8H2,1H3. The fraction of sp³-hybridized carbons (Fsp3) is 0.417. The average molecular weight is 250 g/mol. The smallest absolute Gasteiger partial charge is 0.355 e. The second-order valence-corrected chi connectivity index (χ2v) is 4.12. The molecule has 0 spiro atoms. The van der Waals surface area contributed by atoms with E-state index in [1.54, 1.807) is 29.9 Å². The molecule has 1 aromatic heterocycles. The van der Waals surface area contributed by atoms with Crippen molar-refractivity contribution >= 4 is 17.8 Å². The molecular formula is C12H14N2O4. The summed E-state index contributed by atoms with van der Waals surface area (Å²) in [5.74, 6) is -1.22. The highest BCUT2D eigenvalue weighted by atomic mass is 16.5. The van der Waals surface area contributed by atoms with Gasteiger partial charge in [0.1, 0.15) is 5.69 Å². The molecule has 0 radical (unpaired) electrons. The number of hydrogen-bond acceptors (Lipinski definition) is 4. The summed E-state index contributed by atoms with van der Waals surface area (Å²) in [6.07, 6.45) is 2.77. The van der Waals surface area contributed by atoms with Gasteiger partial charge in [0.2, 0.25) is 5.91 Å². The third kappa shape index (κ3) is 2.42. The van der Waals surface area contributed by atoms with Gasteiger partial charge < -0.3 is 9.30 Å². The molecule has 6 nitrogen and oxygen atoms in total. The van der Waals surface area contributed by atoms with Crippen molar-refractivity contribution in [3.05, 3.63) is 24.0 Å². The number of amides is 2. The molecule has 0 aromatic carbocycles. The molecule has 0 N–H and O–H groups in total. The first-order chi connectivity index (χ1) is 8.59. The van der Waals surface area contributed by atoms with Crippen molar-refractivity contribution in [2.45, 2.75) is 12.8 Å². The van der Waals surface area contributed by atoms with Crippen LogP contribution < -0.4 is 0 Å². The lowest BCUT2D eigenvalue weighted by atomic mass is 10.4. The summed E-state index contributed by atoms with van der Waals surface area (Å²) >= 11 is 0. The molecule has 1 aromatic rings. The summed E-state index contributed by atoms with van der Waals surface area (Å²) in [5.41, 5.74) is 0.371. The zero-order valence-electron chi connectivity index (χ0n) is 10.1. The summed E-state index contributed by atoms with van der Waals surface area (Å²) in [5, 5.41) is 0. The number of hydrogen-bond donors (Lipinski definition) is 0. The van der Waals surface area contributed by atoms with Gasteiger partial charge in [-0.2, -0.15) is 0 Å². The predicted molar refractivity (Wildman–Crippen MR) is 61.6 cm³/mol. The van der Waals surface area contributed by atoms with Crippen LogP contribution in [0, 0.1) is 0 Å². The first-order valence-electron chi connectivity index (χ1n) is 5.71. The third-order valence-electron chi connectivity index (χ3n) is 2.85. The Morgan fingerprint density at radius 1 is 1.44 bits per heavy atom. The largest absolute Gasteiger partial charge is 0.451 e. The Kier molecular flexibility index (Phi) is 3.45. The van der Waals surface area contributed by atoms with Gasteiger partial charge in [0, 0.05) is 26.2 Å². The summed E-state index contributed by atoms with van der Waals surface area (Å²) in [4.78, 5) is 35.7. The second-order valence-electron chi connectivity index (χ2n) is 4.12. The number of carbonyl (C=O) groups excluding carboxylic acids is 3. The van der Waals surface area contributed by atoms with Crippen LogP contribution in [0.4, 0.5) is 0 Å². The van der Waals surface area contributed by atoms with Gasteiger partial charge in [0.05, 0.1) is 0 Å². The van der Waals surface area contributed by atoms with Crippen molar-refractivity contribution in [3.63, 3.8) is 0 Å². The quantitative estimate of drug-likeness (QED) is 0.725. The molecule has 0 atom stereocenters. The van der Waals surface area contributed by atoms with Crippen molar-refractivity contribution in [2.75, 3.05) is 13.2 Å². The number of nitrogens with zero attached hydrogens (tertiary/aromatic N) is 2. The zero-order chi connectivity index (χ0) is 13.1. The highest BCUT2D eigenvalue weighted by Crippen LogP contribution is 2.10. The van der Waals surface area contributed by atoms with Crippen LogP contribution in [0.15, 0.2) is 18.3 Å². The number of ether oxygens (including phenoxy) is 1. The van der Waals surface area contributed by atoms with E-state index in [9.17, 15) is 14.4 Å². The Morgan fingerprint density at radius 2 is 2.22 bits per heavy atom. The van der Waals surface area contributed by atoms with Gasteiger partial charge in [-0.15, -0.1) is 0 Å². The first kappa shape index (κ1) is 12.3. The Labute approximate surface area is 104 Å². The van der Waals surface area contributed by atoms with Gasteiger partial charge >= 0.3 is 5.97 Å². The molecule has 0 unspecified atom stereocenters. The van der Waals surface area contributed by atoms with Gasteiger partial charge in [-0.25, -0.2) is 4.79 Å². The van der Waals surface area contributed by atoms with E-state index in [2.05, 4.69) is 0 Å². The van der Waals surface area contributed by atoms with Crippen molar-refractivity contribution in [3.8, 4) is 0 Å². The number of carbonyl (C=O) groups is 3. The van der Waals surface area contributed by atoms with Crippen LogP contribution >= 0.6 is 0 Å². The Morgan fingerprint density at radius 3 is 2.78 bits per heavy atom. The molecule has 0 aliphatic carbocycles. The normalized spacial score (nSPS) is 14.9. The molecule has 1 fully saturated rings. The third-order valence-corrected chi connectivity index (χ3v) is 2.85. The Balaban J connectivity index is 1.88. The van der Waals surface area contributed by atoms with Crippen molar-refractivity contribution in [1.29, 1.82) is 0 Å². The molecule has 2 amide bonds. The number of rotatable bonds is 3. The molecule has 0 saturated carbocycles. The Hall–Kier alpha value is -2.11. The fourth-order valence-electron chi connectivity index (χ4n) is 1.86. The van der Waals surface area contributed by atoms with E-state index in [0.29, 0.717) is 25.1 Å². The minimum absolute atomic E-state index is 0.199. The van der Waals surface area contributed by atoms with Gasteiger partial charge in [0.25, 0.3) is 5.91 Å². The lowest BCUT2D eigenvalue weighted by molar-refractivity contribution is -0.143. The van der Waals surface area contributed by atoms with E-state index in [-0.39, 0.29) is 5.91 Å². The van der Waals surface area contributed by atoms with Gasteiger partial charge in [0.15, 0.2) is 6.61 Å². The van der Waals surface area contributed by atoms with E-state index in [4.69, 9.17) is 4.74 Å². The predicted octanol–water partition coefficient (Wildman–Crippen LogP) is 0.331. The SMILES string of the molecule is Cn1cccc1C(=O)OCC(=O)N1CCCC1=O. The molecule has 2 rings (SSSR count). The highest BCUT2D eigenvalue weighted by molar-refractivity contribution is 5.98. The lowest BCUT2D eigenvalue weighted by Crippen LogP contribution is -2.35. The van der Waals surface area contributed by atoms with Crippen LogP contribution in [0.2, 0.25) is 0 Å². The van der Waals surface area contributed by atoms with E-state index in [0.717, 1.165) is 4.90 Å². The number of aromatic nitrogens is 1. The molecule has 1 aliphatic rings. The summed E-state index contributed by atoms with van der Waals surface area (Å²) in [6.45, 7) is 0.0229. The maximum atomic E-state index is 11.6. The van der Waals surface area contributed by atoms with E-state index in [1.165, 1.54) is 0 Å². The number of imide groups is 1. The van der Waals surface area contributed by atoms with Crippen LogP contribution in [0.5, 0.6) is 0 Å². The van der Waals surface area contributed by atoms with Gasteiger partial charge in [-0.05, 0) is 18.6 Å². The molecule has 18 heavy (non-hydrogen) atoms. The molecule has 2 heterocycles. The molecule has 1 saturated heterocycles. The van der Waals surface area contributed by atoms with E-state index < -0.39 is 18.5 Å². The van der Waals surface area contributed by atoms with Crippen LogP contribution in [0.1, 0.15) is 23.3 Å². The summed E-state index contributed by atoms with van der Waals surface area (Å²) in [6, 6.07) is 3.32. The number of esters is 1. The zero-order valence-corrected chi connectivity index (χ0v) is 10.1. The maximum Gasteiger partial charge on any atom is 0.355 e. The van der Waals surface area contributed by atoms with Gasteiger partial charge in [-0.3, -0.25) is 14.5 Å². The first-order valence-corrected chi connectivity index (χ1v) is 5.71. The maximum absolute atomic E-state index is 11.6. The van der Waals surface area contributed by atoms with Crippen LogP contribution in [0.25, 0.3) is 0 Å². The van der Waals surface area contributed by atoms with Crippen LogP contribution in [-0.4, -0.2) is 40.4 Å². The highest BCUT2D eigenvalue weighted by Gasteiger charge is 2.27. The fourth-order valence-corrected chi connectivity index (χ4v) is 1.86. The summed E-state index contributed by atoms with van der Waals surface area (Å²) in [7, 11) is 1.71. The minimum Gasteiger partial charge on any atom is -0.451 e. The second kappa shape index (κ2) is 5.03. The van der Waals surface area contributed by atoms with Crippen molar-refractivity contribution in [2.24, 2.45) is 7.05 Å². The monoisotopic (exact) mass is 250 g/mol. The van der Waals surface area contributed by atoms with Crippen LogP contribution in [-0.2, 0) is 21.4 Å². The lowest BCUT2D eigenvalue weighted by Gasteiger charge is -2.13. The molecule has 1 aliphatic heterocycles. The minimum atomic E-state index is -0.567. The summed E-state index contributed by atoms with van der Waals surface area (Å²) < 4.78 is 6.49. The number of aryl methyl sites for hydroxylation is 1. The Bertz CT molecular complexity index is 492. The molecule has 6 heteroatoms. The number of likely N-dealkylation sites (tertiary alicyclic amines) is 1. The topological polar surface area (TPSA) is 68.6 Å². The average Bonchev–Trinajstić information content (AvgIpc) is 2.94. The van der Waals surface area contributed by atoms with Crippen molar-refractivity contribution in [1.82, 2.24) is 9.47 Å².